The highest BCUT2D eigenvalue weighted by Crippen LogP contribution is 2.57. The molecular formula is C28H40ClNO4. The van der Waals surface area contributed by atoms with Crippen LogP contribution in [0.2, 0.25) is 5.02 Å². The first kappa shape index (κ1) is 25.4. The number of hydrogen-bond donors (Lipinski definition) is 0. The van der Waals surface area contributed by atoms with Gasteiger partial charge in [0.1, 0.15) is 17.0 Å². The molecule has 188 valence electrons. The maximum atomic E-state index is 12.6. The molecule has 3 heterocycles. The Labute approximate surface area is 209 Å². The van der Waals surface area contributed by atoms with Crippen molar-refractivity contribution >= 4 is 17.7 Å². The van der Waals surface area contributed by atoms with Crippen molar-refractivity contribution < 1.29 is 19.0 Å². The second-order valence-corrected chi connectivity index (χ2v) is 12.4. The Morgan fingerprint density at radius 2 is 1.97 bits per heavy atom. The van der Waals surface area contributed by atoms with E-state index in [1.54, 1.807) is 0 Å². The molecule has 1 aromatic carbocycles. The van der Waals surface area contributed by atoms with Crippen LogP contribution in [0.25, 0.3) is 0 Å². The zero-order valence-electron chi connectivity index (χ0n) is 21.6. The third-order valence-corrected chi connectivity index (χ3v) is 7.90. The van der Waals surface area contributed by atoms with E-state index in [-0.39, 0.29) is 29.1 Å². The summed E-state index contributed by atoms with van der Waals surface area (Å²) < 4.78 is 19.0. The number of hydrogen-bond acceptors (Lipinski definition) is 4. The molecule has 3 aliphatic heterocycles. The number of carbonyl (C=O) groups excluding carboxylic acids is 1. The predicted octanol–water partition coefficient (Wildman–Crippen LogP) is 7.33. The van der Waals surface area contributed by atoms with Crippen LogP contribution in [0.4, 0.5) is 4.79 Å². The number of carbonyl (C=O) groups is 1. The van der Waals surface area contributed by atoms with Crippen molar-refractivity contribution in [2.75, 3.05) is 19.7 Å². The number of rotatable bonds is 3. The van der Waals surface area contributed by atoms with E-state index in [9.17, 15) is 4.79 Å². The molecule has 1 aromatic rings. The zero-order valence-corrected chi connectivity index (χ0v) is 22.3. The molecule has 1 amide bonds. The average Bonchev–Trinajstić information content (AvgIpc) is 2.74. The number of benzene rings is 1. The Morgan fingerprint density at radius 1 is 1.26 bits per heavy atom. The van der Waals surface area contributed by atoms with Crippen molar-refractivity contribution in [3.63, 3.8) is 0 Å². The molecular weight excluding hydrogens is 450 g/mol. The Morgan fingerprint density at radius 3 is 2.62 bits per heavy atom. The van der Waals surface area contributed by atoms with Crippen LogP contribution in [0.5, 0.6) is 5.75 Å². The Hall–Kier alpha value is -1.72. The smallest absolute Gasteiger partial charge is 0.410 e. The predicted molar refractivity (Wildman–Crippen MR) is 135 cm³/mol. The molecule has 34 heavy (non-hydrogen) atoms. The first-order chi connectivity index (χ1) is 15.9. The van der Waals surface area contributed by atoms with Crippen LogP contribution >= 0.6 is 11.6 Å². The number of likely N-dealkylation sites (tertiary alicyclic amines) is 1. The van der Waals surface area contributed by atoms with Crippen molar-refractivity contribution in [2.24, 2.45) is 11.3 Å². The van der Waals surface area contributed by atoms with Crippen LogP contribution in [0.3, 0.4) is 0 Å². The van der Waals surface area contributed by atoms with Gasteiger partial charge in [0.05, 0.1) is 12.7 Å². The van der Waals surface area contributed by atoms with Crippen LogP contribution in [0.15, 0.2) is 29.8 Å². The lowest BCUT2D eigenvalue weighted by Gasteiger charge is -2.55. The SMILES string of the molecule is CC(C)=CCC[C@@]1(C)Oc2ccc(Cl)cc2[C@H]2OCC3(CCN(C(=O)OC(C)(C)C)CC3)C[C@@H]21. The number of halogens is 1. The molecule has 3 atom stereocenters. The number of piperidine rings is 1. The lowest BCUT2D eigenvalue weighted by molar-refractivity contribution is -0.179. The van der Waals surface area contributed by atoms with Gasteiger partial charge in [-0.1, -0.05) is 23.3 Å². The van der Waals surface area contributed by atoms with E-state index in [0.717, 1.165) is 43.4 Å². The number of fused-ring (bicyclic) bond motifs is 3. The van der Waals surface area contributed by atoms with Gasteiger partial charge in [0.2, 0.25) is 0 Å². The van der Waals surface area contributed by atoms with Crippen molar-refractivity contribution in [3.8, 4) is 5.75 Å². The van der Waals surface area contributed by atoms with Crippen molar-refractivity contribution in [1.29, 1.82) is 0 Å². The lowest BCUT2D eigenvalue weighted by atomic mass is 9.63. The van der Waals surface area contributed by atoms with Crippen molar-refractivity contribution in [1.82, 2.24) is 4.90 Å². The van der Waals surface area contributed by atoms with Gasteiger partial charge in [-0.05, 0) is 97.3 Å². The summed E-state index contributed by atoms with van der Waals surface area (Å²) in [5.41, 5.74) is 1.64. The molecule has 5 nitrogen and oxygen atoms in total. The van der Waals surface area contributed by atoms with E-state index in [1.807, 2.05) is 43.9 Å². The van der Waals surface area contributed by atoms with E-state index >= 15 is 0 Å². The summed E-state index contributed by atoms with van der Waals surface area (Å²) in [6, 6.07) is 5.89. The summed E-state index contributed by atoms with van der Waals surface area (Å²) in [4.78, 5) is 14.4. The first-order valence-corrected chi connectivity index (χ1v) is 13.0. The highest BCUT2D eigenvalue weighted by Gasteiger charge is 2.54. The number of allylic oxidation sites excluding steroid dienone is 2. The standard InChI is InChI=1S/C28H40ClNO4/c1-19(2)8-7-11-27(6)22-17-28(12-14-30(15-13-28)25(31)34-26(3,4)5)18-32-24(22)21-16-20(29)9-10-23(21)33-27/h8-10,16,22,24H,7,11-15,17-18H2,1-6H3/t22-,24+,27+/m0/s1. The van der Waals surface area contributed by atoms with Gasteiger partial charge >= 0.3 is 6.09 Å². The molecule has 0 bridgehead atoms. The average molecular weight is 490 g/mol. The molecule has 0 aliphatic carbocycles. The summed E-state index contributed by atoms with van der Waals surface area (Å²) in [7, 11) is 0. The maximum Gasteiger partial charge on any atom is 0.410 e. The summed E-state index contributed by atoms with van der Waals surface area (Å²) in [5, 5.41) is 0.712. The first-order valence-electron chi connectivity index (χ1n) is 12.6. The van der Waals surface area contributed by atoms with E-state index in [0.29, 0.717) is 24.7 Å². The summed E-state index contributed by atoms with van der Waals surface area (Å²) in [6.07, 6.45) is 6.83. The normalized spacial score (nSPS) is 27.9. The van der Waals surface area contributed by atoms with Gasteiger partial charge < -0.3 is 19.1 Å². The zero-order chi connectivity index (χ0) is 24.7. The Kier molecular flexibility index (Phi) is 7.00. The molecule has 2 fully saturated rings. The molecule has 2 saturated heterocycles. The second-order valence-electron chi connectivity index (χ2n) is 11.9. The lowest BCUT2D eigenvalue weighted by Crippen LogP contribution is -2.56. The maximum absolute atomic E-state index is 12.6. The fraction of sp³-hybridized carbons (Fsp3) is 0.679. The summed E-state index contributed by atoms with van der Waals surface area (Å²) in [5.74, 6) is 1.12. The van der Waals surface area contributed by atoms with Crippen LogP contribution in [0, 0.1) is 11.3 Å². The van der Waals surface area contributed by atoms with Crippen LogP contribution < -0.4 is 4.74 Å². The van der Waals surface area contributed by atoms with Gasteiger partial charge in [-0.2, -0.15) is 0 Å². The van der Waals surface area contributed by atoms with Crippen molar-refractivity contribution in [2.45, 2.75) is 91.0 Å². The van der Waals surface area contributed by atoms with Crippen LogP contribution in [-0.2, 0) is 9.47 Å². The highest BCUT2D eigenvalue weighted by atomic mass is 35.5. The second kappa shape index (κ2) is 9.39. The monoisotopic (exact) mass is 489 g/mol. The quantitative estimate of drug-likeness (QED) is 0.417. The van der Waals surface area contributed by atoms with E-state index in [2.05, 4.69) is 26.8 Å². The van der Waals surface area contributed by atoms with E-state index < -0.39 is 5.60 Å². The molecule has 0 radical (unpaired) electrons. The Bertz CT molecular complexity index is 940. The summed E-state index contributed by atoms with van der Waals surface area (Å²) in [6.45, 7) is 14.4. The van der Waals surface area contributed by atoms with E-state index in [1.165, 1.54) is 5.57 Å². The fourth-order valence-corrected chi connectivity index (χ4v) is 5.92. The molecule has 6 heteroatoms. The highest BCUT2D eigenvalue weighted by molar-refractivity contribution is 6.30. The molecule has 1 spiro atoms. The largest absolute Gasteiger partial charge is 0.487 e. The fourth-order valence-electron chi connectivity index (χ4n) is 5.74. The van der Waals surface area contributed by atoms with Gasteiger partial charge in [0.25, 0.3) is 0 Å². The molecule has 4 rings (SSSR count). The van der Waals surface area contributed by atoms with Gasteiger partial charge in [-0.25, -0.2) is 4.79 Å². The van der Waals surface area contributed by atoms with Crippen LogP contribution in [-0.4, -0.2) is 41.9 Å². The van der Waals surface area contributed by atoms with E-state index in [4.69, 9.17) is 25.8 Å². The van der Waals surface area contributed by atoms with Crippen molar-refractivity contribution in [3.05, 3.63) is 40.4 Å². The van der Waals surface area contributed by atoms with Gasteiger partial charge in [0, 0.05) is 29.6 Å². The van der Waals surface area contributed by atoms with Gasteiger partial charge in [-0.15, -0.1) is 0 Å². The molecule has 3 aliphatic rings. The van der Waals surface area contributed by atoms with Gasteiger partial charge in [0.15, 0.2) is 0 Å². The van der Waals surface area contributed by atoms with Gasteiger partial charge in [-0.3, -0.25) is 0 Å². The minimum Gasteiger partial charge on any atom is -0.487 e. The number of amides is 1. The third kappa shape index (κ3) is 5.41. The number of nitrogens with zero attached hydrogens (tertiary/aromatic N) is 1. The minimum atomic E-state index is -0.478. The minimum absolute atomic E-state index is 0.0198. The molecule has 0 unspecified atom stereocenters. The third-order valence-electron chi connectivity index (χ3n) is 7.66. The topological polar surface area (TPSA) is 48.0 Å². The summed E-state index contributed by atoms with van der Waals surface area (Å²) >= 11 is 6.36. The molecule has 0 N–H and O–H groups in total. The Balaban J connectivity index is 1.54. The molecule has 0 saturated carbocycles. The number of ether oxygens (including phenoxy) is 3. The molecule has 0 aromatic heterocycles. The van der Waals surface area contributed by atoms with Crippen LogP contribution in [0.1, 0.15) is 85.3 Å².